The number of hydrogen-bond donors (Lipinski definition) is 2. The lowest BCUT2D eigenvalue weighted by Gasteiger charge is -2.33. The van der Waals surface area contributed by atoms with Gasteiger partial charge in [0.25, 0.3) is 0 Å². The summed E-state index contributed by atoms with van der Waals surface area (Å²) in [6, 6.07) is 9.20. The van der Waals surface area contributed by atoms with Gasteiger partial charge in [-0.1, -0.05) is 18.7 Å². The van der Waals surface area contributed by atoms with Crippen LogP contribution in [0.4, 0.5) is 14.5 Å². The summed E-state index contributed by atoms with van der Waals surface area (Å²) in [7, 11) is 0. The zero-order chi connectivity index (χ0) is 23.5. The number of pyridine rings is 2. The van der Waals surface area contributed by atoms with Crippen molar-refractivity contribution in [1.29, 1.82) is 0 Å². The molecule has 0 spiro atoms. The topological polar surface area (TPSA) is 81.1 Å². The van der Waals surface area contributed by atoms with Crippen molar-refractivity contribution in [2.24, 2.45) is 5.73 Å². The van der Waals surface area contributed by atoms with E-state index < -0.39 is 11.6 Å². The molecule has 0 unspecified atom stereocenters. The Labute approximate surface area is 191 Å². The van der Waals surface area contributed by atoms with Gasteiger partial charge in [0.15, 0.2) is 11.6 Å². The minimum atomic E-state index is -0.951. The first kappa shape index (κ1) is 22.6. The Bertz CT molecular complexity index is 1320. The standard InChI is InChI=1S/C26H27F2N5/c1-3-6-24(33-12-5-7-17(29)15-33)19-13-23(31-14-16(19)2)26-21(30)10-11-22(32-26)18-8-4-9-20(27)25(18)28/h3-4,6,8-11,13-14,17H,2,5,7,12,15,29-30H2,1H3/b6-3-,24-19+/t17-/m0/s1. The highest BCUT2D eigenvalue weighted by Crippen LogP contribution is 2.28. The van der Waals surface area contributed by atoms with E-state index in [-0.39, 0.29) is 17.3 Å². The Hall–Kier alpha value is -3.58. The third kappa shape index (κ3) is 4.64. The second-order valence-corrected chi connectivity index (χ2v) is 8.20. The molecule has 1 atom stereocenters. The normalized spacial score (nSPS) is 17.5. The Morgan fingerprint density at radius 2 is 2.03 bits per heavy atom. The van der Waals surface area contributed by atoms with Crippen LogP contribution in [-0.2, 0) is 0 Å². The van der Waals surface area contributed by atoms with Crippen molar-refractivity contribution in [1.82, 2.24) is 14.9 Å². The Morgan fingerprint density at radius 3 is 2.79 bits per heavy atom. The number of likely N-dealkylation sites (tertiary alicyclic amines) is 1. The fourth-order valence-corrected chi connectivity index (χ4v) is 4.13. The number of hydrogen-bond acceptors (Lipinski definition) is 5. The molecule has 3 heterocycles. The van der Waals surface area contributed by atoms with E-state index in [0.29, 0.717) is 17.1 Å². The average molecular weight is 448 g/mol. The van der Waals surface area contributed by atoms with Crippen molar-refractivity contribution in [3.63, 3.8) is 0 Å². The number of allylic oxidation sites excluding steroid dienone is 1. The zero-order valence-corrected chi connectivity index (χ0v) is 18.6. The second-order valence-electron chi connectivity index (χ2n) is 8.20. The molecule has 0 aliphatic carbocycles. The van der Waals surface area contributed by atoms with Gasteiger partial charge in [0.1, 0.15) is 5.69 Å². The molecule has 0 amide bonds. The minimum Gasteiger partial charge on any atom is -0.397 e. The van der Waals surface area contributed by atoms with Gasteiger partial charge in [-0.15, -0.1) is 0 Å². The van der Waals surface area contributed by atoms with E-state index in [0.717, 1.165) is 48.1 Å². The highest BCUT2D eigenvalue weighted by Gasteiger charge is 2.19. The largest absolute Gasteiger partial charge is 0.397 e. The quantitative estimate of drug-likeness (QED) is 0.642. The van der Waals surface area contributed by atoms with E-state index in [1.165, 1.54) is 12.1 Å². The molecular formula is C26H27F2N5. The summed E-state index contributed by atoms with van der Waals surface area (Å²) in [4.78, 5) is 11.3. The lowest BCUT2D eigenvalue weighted by atomic mass is 10.0. The molecule has 1 aliphatic heterocycles. The van der Waals surface area contributed by atoms with Crippen LogP contribution in [0.15, 0.2) is 54.7 Å². The first-order valence-electron chi connectivity index (χ1n) is 10.9. The minimum absolute atomic E-state index is 0.0636. The Balaban J connectivity index is 1.88. The van der Waals surface area contributed by atoms with E-state index in [1.54, 1.807) is 18.3 Å². The van der Waals surface area contributed by atoms with Crippen molar-refractivity contribution in [3.8, 4) is 22.6 Å². The number of rotatable bonds is 4. The molecule has 3 aromatic rings. The summed E-state index contributed by atoms with van der Waals surface area (Å²) in [6.07, 6.45) is 7.72. The van der Waals surface area contributed by atoms with Crippen LogP contribution in [0.3, 0.4) is 0 Å². The van der Waals surface area contributed by atoms with Gasteiger partial charge in [0, 0.05) is 41.8 Å². The molecule has 2 aromatic heterocycles. The highest BCUT2D eigenvalue weighted by atomic mass is 19.2. The van der Waals surface area contributed by atoms with Gasteiger partial charge in [-0.25, -0.2) is 13.8 Å². The number of benzene rings is 1. The van der Waals surface area contributed by atoms with Crippen LogP contribution in [0, 0.1) is 11.6 Å². The monoisotopic (exact) mass is 447 g/mol. The van der Waals surface area contributed by atoms with Crippen LogP contribution < -0.4 is 21.9 Å². The van der Waals surface area contributed by atoms with Crippen molar-refractivity contribution < 1.29 is 8.78 Å². The van der Waals surface area contributed by atoms with Crippen LogP contribution in [0.5, 0.6) is 0 Å². The van der Waals surface area contributed by atoms with Gasteiger partial charge in [0.05, 0.1) is 17.1 Å². The van der Waals surface area contributed by atoms with E-state index >= 15 is 0 Å². The van der Waals surface area contributed by atoms with Crippen LogP contribution in [0.2, 0.25) is 0 Å². The fourth-order valence-electron chi connectivity index (χ4n) is 4.13. The molecule has 5 nitrogen and oxygen atoms in total. The number of nitrogens with two attached hydrogens (primary N) is 2. The molecule has 33 heavy (non-hydrogen) atoms. The highest BCUT2D eigenvalue weighted by molar-refractivity contribution is 5.74. The smallest absolute Gasteiger partial charge is 0.168 e. The maximum absolute atomic E-state index is 14.4. The fraction of sp³-hybridized carbons (Fsp3) is 0.231. The van der Waals surface area contributed by atoms with E-state index in [9.17, 15) is 8.78 Å². The predicted octanol–water partition coefficient (Wildman–Crippen LogP) is 3.19. The maximum Gasteiger partial charge on any atom is 0.168 e. The first-order chi connectivity index (χ1) is 15.9. The lowest BCUT2D eigenvalue weighted by Crippen LogP contribution is -2.44. The molecule has 1 aromatic carbocycles. The van der Waals surface area contributed by atoms with Crippen molar-refractivity contribution in [3.05, 3.63) is 76.8 Å². The molecule has 1 fully saturated rings. The Kier molecular flexibility index (Phi) is 6.51. The second kappa shape index (κ2) is 9.50. The van der Waals surface area contributed by atoms with Gasteiger partial charge < -0.3 is 16.4 Å². The van der Waals surface area contributed by atoms with Gasteiger partial charge in [-0.05, 0) is 61.4 Å². The van der Waals surface area contributed by atoms with E-state index in [1.807, 2.05) is 25.1 Å². The number of nitrogens with zero attached hydrogens (tertiary/aromatic N) is 3. The van der Waals surface area contributed by atoms with Crippen LogP contribution in [0.1, 0.15) is 19.8 Å². The number of piperidine rings is 1. The molecule has 170 valence electrons. The Morgan fingerprint density at radius 1 is 1.21 bits per heavy atom. The van der Waals surface area contributed by atoms with Gasteiger partial charge in [-0.3, -0.25) is 4.98 Å². The van der Waals surface area contributed by atoms with Crippen molar-refractivity contribution in [2.75, 3.05) is 18.8 Å². The third-order valence-electron chi connectivity index (χ3n) is 5.78. The van der Waals surface area contributed by atoms with E-state index in [2.05, 4.69) is 21.4 Å². The van der Waals surface area contributed by atoms with Crippen molar-refractivity contribution >= 4 is 18.0 Å². The molecule has 4 rings (SSSR count). The summed E-state index contributed by atoms with van der Waals surface area (Å²) >= 11 is 0. The average Bonchev–Trinajstić information content (AvgIpc) is 2.80. The molecule has 4 N–H and O–H groups in total. The van der Waals surface area contributed by atoms with E-state index in [4.69, 9.17) is 11.5 Å². The molecule has 1 saturated heterocycles. The first-order valence-corrected chi connectivity index (χ1v) is 10.9. The van der Waals surface area contributed by atoms with Crippen LogP contribution in [0.25, 0.3) is 34.9 Å². The molecule has 0 saturated carbocycles. The van der Waals surface area contributed by atoms with Gasteiger partial charge in [0.2, 0.25) is 0 Å². The molecular weight excluding hydrogens is 420 g/mol. The summed E-state index contributed by atoms with van der Waals surface area (Å²) < 4.78 is 28.1. The molecule has 7 heteroatoms. The summed E-state index contributed by atoms with van der Waals surface area (Å²) in [5, 5.41) is 1.66. The predicted molar refractivity (Wildman–Crippen MR) is 129 cm³/mol. The molecule has 1 aliphatic rings. The number of nitrogen functional groups attached to an aromatic ring is 1. The summed E-state index contributed by atoms with van der Waals surface area (Å²) in [5.74, 6) is -1.88. The molecule has 0 bridgehead atoms. The van der Waals surface area contributed by atoms with Crippen LogP contribution >= 0.6 is 0 Å². The number of halogens is 2. The van der Waals surface area contributed by atoms with Gasteiger partial charge >= 0.3 is 0 Å². The SMILES string of the molecule is C=c1cnc(-c2nc(-c3cccc(F)c3F)ccc2N)c/c1=C(/C=C\C)N1CCC[C@H](N)C1. The van der Waals surface area contributed by atoms with Gasteiger partial charge in [-0.2, -0.15) is 0 Å². The number of anilines is 1. The van der Waals surface area contributed by atoms with Crippen LogP contribution in [-0.4, -0.2) is 34.0 Å². The zero-order valence-electron chi connectivity index (χ0n) is 18.6. The summed E-state index contributed by atoms with van der Waals surface area (Å²) in [6.45, 7) is 7.78. The molecule has 0 radical (unpaired) electrons. The van der Waals surface area contributed by atoms with Crippen molar-refractivity contribution in [2.45, 2.75) is 25.8 Å². The number of aromatic nitrogens is 2. The maximum atomic E-state index is 14.4. The third-order valence-corrected chi connectivity index (χ3v) is 5.78. The lowest BCUT2D eigenvalue weighted by molar-refractivity contribution is 0.295. The summed E-state index contributed by atoms with van der Waals surface area (Å²) in [5.41, 5.74) is 15.1.